The quantitative estimate of drug-likeness (QED) is 0.500. The lowest BCUT2D eigenvalue weighted by Crippen LogP contribution is -2.41. The van der Waals surface area contributed by atoms with Crippen molar-refractivity contribution in [2.24, 2.45) is 10.7 Å². The van der Waals surface area contributed by atoms with Crippen molar-refractivity contribution in [3.8, 4) is 6.07 Å². The van der Waals surface area contributed by atoms with Gasteiger partial charge in [0.15, 0.2) is 5.96 Å². The van der Waals surface area contributed by atoms with E-state index in [1.54, 1.807) is 24.3 Å². The summed E-state index contributed by atoms with van der Waals surface area (Å²) < 4.78 is 0. The van der Waals surface area contributed by atoms with Gasteiger partial charge in [-0.1, -0.05) is 72.8 Å². The highest BCUT2D eigenvalue weighted by Gasteiger charge is 2.20. The van der Waals surface area contributed by atoms with Gasteiger partial charge in [-0.05, 0) is 23.3 Å². The lowest BCUT2D eigenvalue weighted by molar-refractivity contribution is -0.135. The lowest BCUT2D eigenvalue weighted by atomic mass is 9.99. The van der Waals surface area contributed by atoms with Gasteiger partial charge in [-0.15, -0.1) is 0 Å². The molecule has 0 radical (unpaired) electrons. The molecule has 3 N–H and O–H groups in total. The summed E-state index contributed by atoms with van der Waals surface area (Å²) >= 11 is 0. The average Bonchev–Trinajstić information content (AvgIpc) is 2.76. The summed E-state index contributed by atoms with van der Waals surface area (Å²) in [4.78, 5) is 17.5. The fourth-order valence-electron chi connectivity index (χ4n) is 3.04. The fraction of sp³-hybridized carbons (Fsp3) is 0.0870. The number of guanidine groups is 1. The van der Waals surface area contributed by atoms with Crippen LogP contribution in [0.4, 0.5) is 5.69 Å². The molecule has 0 aliphatic carbocycles. The van der Waals surface area contributed by atoms with Crippen molar-refractivity contribution in [2.45, 2.75) is 6.04 Å². The van der Waals surface area contributed by atoms with Gasteiger partial charge in [0.2, 0.25) is 0 Å². The Morgan fingerprint density at radius 2 is 1.48 bits per heavy atom. The van der Waals surface area contributed by atoms with Gasteiger partial charge in [-0.2, -0.15) is 5.26 Å². The maximum atomic E-state index is 11.5. The van der Waals surface area contributed by atoms with Crippen LogP contribution in [-0.2, 0) is 4.79 Å². The zero-order chi connectivity index (χ0) is 20.6. The monoisotopic (exact) mass is 384 g/mol. The first-order valence-corrected chi connectivity index (χ1v) is 9.01. The number of carboxylic acids is 1. The topological polar surface area (TPSA) is 103 Å². The number of rotatable bonds is 6. The minimum absolute atomic E-state index is 0.0211. The van der Waals surface area contributed by atoms with Crippen LogP contribution in [0.3, 0.4) is 0 Å². The molecule has 0 heterocycles. The van der Waals surface area contributed by atoms with Crippen LogP contribution in [0, 0.1) is 11.3 Å². The standard InChI is InChI=1S/C23H20N4O2/c24-15-19-13-7-8-14-20(19)27(16-21(28)29)23(25)26-22(17-9-3-1-4-10-17)18-11-5-2-6-12-18/h1-14,22H,16H2,(H2,25,26)(H,28,29). The third-order valence-electron chi connectivity index (χ3n) is 4.38. The molecule has 29 heavy (non-hydrogen) atoms. The van der Waals surface area contributed by atoms with Crippen molar-refractivity contribution in [2.75, 3.05) is 11.4 Å². The largest absolute Gasteiger partial charge is 0.480 e. The highest BCUT2D eigenvalue weighted by Crippen LogP contribution is 2.27. The first-order chi connectivity index (χ1) is 14.1. The molecule has 0 unspecified atom stereocenters. The van der Waals surface area contributed by atoms with Gasteiger partial charge in [0.05, 0.1) is 11.3 Å². The van der Waals surface area contributed by atoms with E-state index in [1.807, 2.05) is 60.7 Å². The molecular formula is C23H20N4O2. The van der Waals surface area contributed by atoms with E-state index in [2.05, 4.69) is 11.1 Å². The summed E-state index contributed by atoms with van der Waals surface area (Å²) in [5.41, 5.74) is 8.87. The third-order valence-corrected chi connectivity index (χ3v) is 4.38. The molecule has 0 bridgehead atoms. The lowest BCUT2D eigenvalue weighted by Gasteiger charge is -2.24. The summed E-state index contributed by atoms with van der Waals surface area (Å²) in [6, 6.07) is 27.6. The number of nitrogens with zero attached hydrogens (tertiary/aromatic N) is 3. The molecule has 0 aromatic heterocycles. The van der Waals surface area contributed by atoms with E-state index >= 15 is 0 Å². The number of hydrogen-bond acceptors (Lipinski definition) is 3. The Morgan fingerprint density at radius 1 is 0.966 bits per heavy atom. The predicted octanol–water partition coefficient (Wildman–Crippen LogP) is 3.55. The van der Waals surface area contributed by atoms with Crippen molar-refractivity contribution in [3.05, 3.63) is 102 Å². The molecular weight excluding hydrogens is 364 g/mol. The summed E-state index contributed by atoms with van der Waals surface area (Å²) in [5.74, 6) is -1.06. The van der Waals surface area contributed by atoms with Crippen LogP contribution in [0.2, 0.25) is 0 Å². The highest BCUT2D eigenvalue weighted by atomic mass is 16.4. The Morgan fingerprint density at radius 3 is 2.00 bits per heavy atom. The van der Waals surface area contributed by atoms with Gasteiger partial charge < -0.3 is 15.7 Å². The number of carboxylic acid groups (broad SMARTS) is 1. The van der Waals surface area contributed by atoms with Gasteiger partial charge in [0, 0.05) is 0 Å². The Balaban J connectivity index is 2.09. The molecule has 0 aliphatic rings. The van der Waals surface area contributed by atoms with E-state index in [0.29, 0.717) is 11.3 Å². The molecule has 0 aliphatic heterocycles. The SMILES string of the molecule is N#Cc1ccccc1N(CC(=O)O)C(N)=NC(c1ccccc1)c1ccccc1. The molecule has 3 rings (SSSR count). The van der Waals surface area contributed by atoms with Gasteiger partial charge in [0.1, 0.15) is 18.7 Å². The Kier molecular flexibility index (Phi) is 6.23. The van der Waals surface area contributed by atoms with Crippen molar-refractivity contribution in [3.63, 3.8) is 0 Å². The smallest absolute Gasteiger partial charge is 0.323 e. The third kappa shape index (κ3) is 4.79. The summed E-state index contributed by atoms with van der Waals surface area (Å²) in [6.45, 7) is -0.412. The van der Waals surface area contributed by atoms with E-state index in [9.17, 15) is 15.2 Å². The average molecular weight is 384 g/mol. The second-order valence-electron chi connectivity index (χ2n) is 6.32. The molecule has 0 amide bonds. The van der Waals surface area contributed by atoms with Crippen molar-refractivity contribution < 1.29 is 9.90 Å². The molecule has 144 valence electrons. The first kappa shape index (κ1) is 19.6. The van der Waals surface area contributed by atoms with E-state index < -0.39 is 18.6 Å². The molecule has 0 atom stereocenters. The fourth-order valence-corrected chi connectivity index (χ4v) is 3.04. The molecule has 6 nitrogen and oxygen atoms in total. The zero-order valence-electron chi connectivity index (χ0n) is 15.6. The maximum absolute atomic E-state index is 11.5. The van der Waals surface area contributed by atoms with Crippen molar-refractivity contribution in [1.82, 2.24) is 0 Å². The highest BCUT2D eigenvalue weighted by molar-refractivity contribution is 5.99. The molecule has 0 saturated heterocycles. The Labute approximate surface area is 169 Å². The number of benzene rings is 3. The summed E-state index contributed by atoms with van der Waals surface area (Å²) in [7, 11) is 0. The second kappa shape index (κ2) is 9.20. The number of carbonyl (C=O) groups is 1. The summed E-state index contributed by atoms with van der Waals surface area (Å²) in [6.07, 6.45) is 0. The first-order valence-electron chi connectivity index (χ1n) is 9.01. The molecule has 3 aromatic rings. The van der Waals surface area contributed by atoms with Gasteiger partial charge in [0.25, 0.3) is 0 Å². The van der Waals surface area contributed by atoms with Crippen LogP contribution in [0.1, 0.15) is 22.7 Å². The number of nitrogens with two attached hydrogens (primary N) is 1. The van der Waals surface area contributed by atoms with E-state index in [-0.39, 0.29) is 5.96 Å². The molecule has 0 saturated carbocycles. The van der Waals surface area contributed by atoms with E-state index in [4.69, 9.17) is 5.73 Å². The number of hydrogen-bond donors (Lipinski definition) is 2. The van der Waals surface area contributed by atoms with E-state index in [0.717, 1.165) is 11.1 Å². The zero-order valence-corrected chi connectivity index (χ0v) is 15.6. The molecule has 0 spiro atoms. The van der Waals surface area contributed by atoms with Gasteiger partial charge >= 0.3 is 5.97 Å². The normalized spacial score (nSPS) is 11.1. The predicted molar refractivity (Wildman–Crippen MR) is 112 cm³/mol. The molecule has 6 heteroatoms. The van der Waals surface area contributed by atoms with Gasteiger partial charge in [-0.25, -0.2) is 4.99 Å². The van der Waals surface area contributed by atoms with Crippen LogP contribution in [0.5, 0.6) is 0 Å². The van der Waals surface area contributed by atoms with Crippen molar-refractivity contribution >= 4 is 17.6 Å². The number of anilines is 1. The van der Waals surface area contributed by atoms with Crippen LogP contribution in [-0.4, -0.2) is 23.6 Å². The minimum Gasteiger partial charge on any atom is -0.480 e. The van der Waals surface area contributed by atoms with Crippen molar-refractivity contribution in [1.29, 1.82) is 5.26 Å². The molecule has 3 aromatic carbocycles. The van der Waals surface area contributed by atoms with Crippen LogP contribution in [0.15, 0.2) is 89.9 Å². The Hall–Kier alpha value is -4.11. The van der Waals surface area contributed by atoms with Crippen LogP contribution >= 0.6 is 0 Å². The number of aliphatic imine (C=N–C) groups is 1. The summed E-state index contributed by atoms with van der Waals surface area (Å²) in [5, 5.41) is 18.8. The van der Waals surface area contributed by atoms with Crippen LogP contribution < -0.4 is 10.6 Å². The minimum atomic E-state index is -1.08. The Bertz CT molecular complexity index is 1000. The van der Waals surface area contributed by atoms with Crippen LogP contribution in [0.25, 0.3) is 0 Å². The maximum Gasteiger partial charge on any atom is 0.323 e. The molecule has 0 fully saturated rings. The number of para-hydroxylation sites is 1. The second-order valence-corrected chi connectivity index (χ2v) is 6.32. The number of aliphatic carboxylic acids is 1. The van der Waals surface area contributed by atoms with E-state index in [1.165, 1.54) is 4.90 Å². The number of nitriles is 1. The van der Waals surface area contributed by atoms with Gasteiger partial charge in [-0.3, -0.25) is 4.79 Å².